The first-order valence-electron chi connectivity index (χ1n) is 11.5. The molecule has 2 aliphatic heterocycles. The highest BCUT2D eigenvalue weighted by Gasteiger charge is 2.42. The van der Waals surface area contributed by atoms with Crippen molar-refractivity contribution >= 4 is 17.5 Å². The number of fused-ring (bicyclic) bond motifs is 1. The lowest BCUT2D eigenvalue weighted by molar-refractivity contribution is -0.126. The SMILES string of the molecule is CNC(=O)[C@@H]1C[C@H](Oc2ccccc2)CN1C1CCN(C(=O)c2cn3ccccc3n2)CC1. The summed E-state index contributed by atoms with van der Waals surface area (Å²) in [6.07, 6.45) is 5.96. The van der Waals surface area contributed by atoms with Crippen molar-refractivity contribution in [3.8, 4) is 5.75 Å². The number of amides is 2. The number of pyridine rings is 1. The molecular weight excluding hydrogens is 418 g/mol. The van der Waals surface area contributed by atoms with Gasteiger partial charge in [-0.1, -0.05) is 24.3 Å². The van der Waals surface area contributed by atoms with E-state index in [9.17, 15) is 9.59 Å². The molecule has 1 N–H and O–H groups in total. The van der Waals surface area contributed by atoms with Crippen molar-refractivity contribution in [1.29, 1.82) is 0 Å². The topological polar surface area (TPSA) is 79.2 Å². The number of nitrogens with zero attached hydrogens (tertiary/aromatic N) is 4. The maximum absolute atomic E-state index is 13.0. The van der Waals surface area contributed by atoms with Crippen LogP contribution in [-0.2, 0) is 4.79 Å². The normalized spacial score (nSPS) is 21.9. The number of carbonyl (C=O) groups is 2. The second-order valence-electron chi connectivity index (χ2n) is 8.73. The highest BCUT2D eigenvalue weighted by Crippen LogP contribution is 2.29. The number of piperidine rings is 1. The monoisotopic (exact) mass is 447 g/mol. The van der Waals surface area contributed by atoms with E-state index in [4.69, 9.17) is 4.74 Å². The predicted molar refractivity (Wildman–Crippen MR) is 124 cm³/mol. The summed E-state index contributed by atoms with van der Waals surface area (Å²) in [6.45, 7) is 2.01. The van der Waals surface area contributed by atoms with Gasteiger partial charge in [-0.3, -0.25) is 14.5 Å². The molecule has 8 nitrogen and oxygen atoms in total. The molecule has 8 heteroatoms. The van der Waals surface area contributed by atoms with E-state index in [1.165, 1.54) is 0 Å². The molecule has 0 spiro atoms. The second-order valence-corrected chi connectivity index (χ2v) is 8.73. The Kier molecular flexibility index (Phi) is 6.00. The van der Waals surface area contributed by atoms with Crippen molar-refractivity contribution in [3.63, 3.8) is 0 Å². The Labute approximate surface area is 193 Å². The van der Waals surface area contributed by atoms with Crippen molar-refractivity contribution in [2.24, 2.45) is 0 Å². The number of nitrogens with one attached hydrogen (secondary N) is 1. The van der Waals surface area contributed by atoms with Crippen LogP contribution in [0.5, 0.6) is 5.75 Å². The minimum atomic E-state index is -0.214. The molecular formula is C25H29N5O3. The number of imidazole rings is 1. The molecule has 2 fully saturated rings. The number of aromatic nitrogens is 2. The number of likely N-dealkylation sites (N-methyl/N-ethyl adjacent to an activating group) is 1. The first-order valence-corrected chi connectivity index (χ1v) is 11.5. The van der Waals surface area contributed by atoms with Crippen LogP contribution in [0.4, 0.5) is 0 Å². The zero-order chi connectivity index (χ0) is 22.8. The van der Waals surface area contributed by atoms with E-state index in [2.05, 4.69) is 15.2 Å². The quantitative estimate of drug-likeness (QED) is 0.649. The molecule has 2 saturated heterocycles. The number of ether oxygens (including phenoxy) is 1. The van der Waals surface area contributed by atoms with Crippen molar-refractivity contribution < 1.29 is 14.3 Å². The standard InChI is InChI=1S/C25H29N5O3/c1-26-24(31)22-15-20(33-19-7-3-2-4-8-19)16-30(22)18-10-13-28(14-11-18)25(32)21-17-29-12-6-5-9-23(29)27-21/h2-9,12,17-18,20,22H,10-11,13-16H2,1H3,(H,26,31)/t20-,22-/m0/s1. The van der Waals surface area contributed by atoms with Crippen molar-refractivity contribution in [3.05, 3.63) is 66.6 Å². The molecule has 2 amide bonds. The van der Waals surface area contributed by atoms with Gasteiger partial charge in [-0.2, -0.15) is 0 Å². The number of likely N-dealkylation sites (tertiary alicyclic amines) is 2. The smallest absolute Gasteiger partial charge is 0.274 e. The maximum Gasteiger partial charge on any atom is 0.274 e. The van der Waals surface area contributed by atoms with Gasteiger partial charge in [-0.05, 0) is 37.1 Å². The van der Waals surface area contributed by atoms with Crippen LogP contribution in [0, 0.1) is 0 Å². The van der Waals surface area contributed by atoms with Crippen LogP contribution in [0.3, 0.4) is 0 Å². The Balaban J connectivity index is 1.23. The first-order chi connectivity index (χ1) is 16.1. The average molecular weight is 448 g/mol. The summed E-state index contributed by atoms with van der Waals surface area (Å²) < 4.78 is 8.04. The van der Waals surface area contributed by atoms with Crippen molar-refractivity contribution in [1.82, 2.24) is 24.5 Å². The van der Waals surface area contributed by atoms with Crippen LogP contribution in [0.1, 0.15) is 29.8 Å². The van der Waals surface area contributed by atoms with Crippen LogP contribution in [-0.4, -0.2) is 75.9 Å². The summed E-state index contributed by atoms with van der Waals surface area (Å²) in [7, 11) is 1.68. The molecule has 0 radical (unpaired) electrons. The molecule has 5 rings (SSSR count). The maximum atomic E-state index is 13.0. The van der Waals surface area contributed by atoms with Gasteiger partial charge in [-0.15, -0.1) is 0 Å². The largest absolute Gasteiger partial charge is 0.489 e. The van der Waals surface area contributed by atoms with E-state index in [-0.39, 0.29) is 30.0 Å². The van der Waals surface area contributed by atoms with Gasteiger partial charge in [0.15, 0.2) is 0 Å². The number of hydrogen-bond donors (Lipinski definition) is 1. The molecule has 0 aliphatic carbocycles. The van der Waals surface area contributed by atoms with E-state index in [0.29, 0.717) is 31.7 Å². The third kappa shape index (κ3) is 4.43. The zero-order valence-electron chi connectivity index (χ0n) is 18.8. The number of para-hydroxylation sites is 1. The van der Waals surface area contributed by atoms with Crippen LogP contribution in [0.25, 0.3) is 5.65 Å². The molecule has 2 aromatic heterocycles. The molecule has 2 atom stereocenters. The fourth-order valence-electron chi connectivity index (χ4n) is 5.03. The van der Waals surface area contributed by atoms with Gasteiger partial charge in [0.1, 0.15) is 23.2 Å². The summed E-state index contributed by atoms with van der Waals surface area (Å²) in [6, 6.07) is 15.5. The summed E-state index contributed by atoms with van der Waals surface area (Å²) in [5.41, 5.74) is 1.24. The molecule has 4 heterocycles. The van der Waals surface area contributed by atoms with E-state index in [1.807, 2.05) is 64.0 Å². The Morgan fingerprint density at radius 1 is 1.06 bits per heavy atom. The molecule has 33 heavy (non-hydrogen) atoms. The predicted octanol–water partition coefficient (Wildman–Crippen LogP) is 2.21. The van der Waals surface area contributed by atoms with Gasteiger partial charge in [0, 0.05) is 51.5 Å². The number of benzene rings is 1. The lowest BCUT2D eigenvalue weighted by Gasteiger charge is -2.38. The highest BCUT2D eigenvalue weighted by atomic mass is 16.5. The van der Waals surface area contributed by atoms with Crippen LogP contribution >= 0.6 is 0 Å². The average Bonchev–Trinajstić information content (AvgIpc) is 3.48. The Morgan fingerprint density at radius 2 is 1.82 bits per heavy atom. The molecule has 0 unspecified atom stereocenters. The van der Waals surface area contributed by atoms with Gasteiger partial charge < -0.3 is 19.4 Å². The fourth-order valence-corrected chi connectivity index (χ4v) is 5.03. The van der Waals surface area contributed by atoms with Gasteiger partial charge >= 0.3 is 0 Å². The third-order valence-electron chi connectivity index (χ3n) is 6.70. The fraction of sp³-hybridized carbons (Fsp3) is 0.400. The highest BCUT2D eigenvalue weighted by molar-refractivity contribution is 5.93. The van der Waals surface area contributed by atoms with E-state index < -0.39 is 0 Å². The minimum absolute atomic E-state index is 0.0253. The number of carbonyl (C=O) groups excluding carboxylic acids is 2. The van der Waals surface area contributed by atoms with E-state index in [1.54, 1.807) is 13.2 Å². The molecule has 1 aromatic carbocycles. The molecule has 172 valence electrons. The Morgan fingerprint density at radius 3 is 2.55 bits per heavy atom. The number of rotatable bonds is 5. The van der Waals surface area contributed by atoms with Crippen molar-refractivity contribution in [2.75, 3.05) is 26.7 Å². The van der Waals surface area contributed by atoms with Gasteiger partial charge in [0.25, 0.3) is 5.91 Å². The second kappa shape index (κ2) is 9.23. The van der Waals surface area contributed by atoms with E-state index >= 15 is 0 Å². The van der Waals surface area contributed by atoms with Gasteiger partial charge in [0.2, 0.25) is 5.91 Å². The van der Waals surface area contributed by atoms with Gasteiger partial charge in [0.05, 0.1) is 6.04 Å². The molecule has 0 saturated carbocycles. The third-order valence-corrected chi connectivity index (χ3v) is 6.70. The Hall–Kier alpha value is -3.39. The molecule has 3 aromatic rings. The van der Waals surface area contributed by atoms with Crippen molar-refractivity contribution in [2.45, 2.75) is 37.5 Å². The first kappa shape index (κ1) is 21.5. The van der Waals surface area contributed by atoms with E-state index in [0.717, 1.165) is 24.2 Å². The lowest BCUT2D eigenvalue weighted by atomic mass is 10.0. The number of hydrogen-bond acceptors (Lipinski definition) is 5. The van der Waals surface area contributed by atoms with Gasteiger partial charge in [-0.25, -0.2) is 4.98 Å². The Bertz CT molecular complexity index is 1090. The van der Waals surface area contributed by atoms with Crippen LogP contribution in [0.2, 0.25) is 0 Å². The minimum Gasteiger partial charge on any atom is -0.489 e. The van der Waals surface area contributed by atoms with Crippen LogP contribution in [0.15, 0.2) is 60.9 Å². The summed E-state index contributed by atoms with van der Waals surface area (Å²) >= 11 is 0. The molecule has 2 aliphatic rings. The summed E-state index contributed by atoms with van der Waals surface area (Å²) in [4.78, 5) is 34.3. The lowest BCUT2D eigenvalue weighted by Crippen LogP contribution is -2.51. The summed E-state index contributed by atoms with van der Waals surface area (Å²) in [5.74, 6) is 0.817. The summed E-state index contributed by atoms with van der Waals surface area (Å²) in [5, 5.41) is 2.81. The zero-order valence-corrected chi connectivity index (χ0v) is 18.8. The van der Waals surface area contributed by atoms with Crippen LogP contribution < -0.4 is 10.1 Å². The molecule has 0 bridgehead atoms.